The molecule has 2 nitrogen and oxygen atoms in total. The molecule has 0 N–H and O–H groups in total. The first-order valence-electron chi connectivity index (χ1n) is 10.5. The van der Waals surface area contributed by atoms with E-state index < -0.39 is 0 Å². The zero-order valence-electron chi connectivity index (χ0n) is 17.4. The van der Waals surface area contributed by atoms with Gasteiger partial charge < -0.3 is 0 Å². The molecule has 0 amide bonds. The van der Waals surface area contributed by atoms with E-state index in [1.54, 1.807) is 0 Å². The number of aryl methyl sites for hydroxylation is 1. The number of thiophene rings is 2. The van der Waals surface area contributed by atoms with E-state index in [1.165, 1.54) is 61.4 Å². The van der Waals surface area contributed by atoms with Gasteiger partial charge in [0.2, 0.25) is 0 Å². The second kappa shape index (κ2) is 10.4. The number of rotatable bonds is 9. The van der Waals surface area contributed by atoms with Crippen LogP contribution in [0.2, 0.25) is 0 Å². The van der Waals surface area contributed by atoms with Crippen molar-refractivity contribution in [3.63, 3.8) is 0 Å². The Labute approximate surface area is 191 Å². The third-order valence-corrected chi connectivity index (χ3v) is 8.41. The summed E-state index contributed by atoms with van der Waals surface area (Å²) < 4.78 is 1.40. The van der Waals surface area contributed by atoms with Gasteiger partial charge in [-0.2, -0.15) is 0 Å². The number of pyridine rings is 2. The topological polar surface area (TPSA) is 25.8 Å². The van der Waals surface area contributed by atoms with Crippen molar-refractivity contribution < 1.29 is 0 Å². The monoisotopic (exact) mass is 450 g/mol. The van der Waals surface area contributed by atoms with Crippen molar-refractivity contribution in [3.8, 4) is 32.3 Å². The van der Waals surface area contributed by atoms with E-state index in [0.717, 1.165) is 11.4 Å². The van der Waals surface area contributed by atoms with E-state index in [4.69, 9.17) is 0 Å². The highest BCUT2D eigenvalue weighted by Gasteiger charge is 2.09. The third-order valence-electron chi connectivity index (χ3n) is 4.92. The lowest BCUT2D eigenvalue weighted by Crippen LogP contribution is -1.88. The highest BCUT2D eigenvalue weighted by molar-refractivity contribution is 8.01. The van der Waals surface area contributed by atoms with E-state index in [1.807, 2.05) is 46.8 Å². The van der Waals surface area contributed by atoms with Gasteiger partial charge >= 0.3 is 0 Å². The summed E-state index contributed by atoms with van der Waals surface area (Å²) in [5, 5.41) is 0. The zero-order valence-corrected chi connectivity index (χ0v) is 19.9. The number of hydrogen-bond donors (Lipinski definition) is 0. The molecule has 4 rings (SSSR count). The smallest absolute Gasteiger partial charge is 0.0892 e. The average molecular weight is 451 g/mol. The van der Waals surface area contributed by atoms with Crippen LogP contribution in [-0.2, 0) is 0 Å². The number of aromatic nitrogens is 2. The SMILES string of the molecule is CCCCCCSc1ccc(-c2ccnc(-c3cc(-c4ccc(C)s4)ccn3)c2)s1. The van der Waals surface area contributed by atoms with Crippen LogP contribution in [0.4, 0.5) is 0 Å². The van der Waals surface area contributed by atoms with Gasteiger partial charge in [-0.05, 0) is 78.8 Å². The van der Waals surface area contributed by atoms with Gasteiger partial charge in [-0.25, -0.2) is 0 Å². The molecule has 0 radical (unpaired) electrons. The second-order valence-corrected chi connectivity index (χ2v) is 11.1. The Morgan fingerprint density at radius 2 is 1.43 bits per heavy atom. The molecule has 5 heteroatoms. The highest BCUT2D eigenvalue weighted by atomic mass is 32.2. The second-order valence-electron chi connectivity index (χ2n) is 7.30. The molecule has 0 bridgehead atoms. The normalized spacial score (nSPS) is 11.1. The number of unbranched alkanes of at least 4 members (excludes halogenated alkanes) is 3. The van der Waals surface area contributed by atoms with Crippen LogP contribution in [0, 0.1) is 6.92 Å². The Bertz CT molecular complexity index is 1100. The third kappa shape index (κ3) is 5.39. The Morgan fingerprint density at radius 1 is 0.767 bits per heavy atom. The van der Waals surface area contributed by atoms with Crippen molar-refractivity contribution in [1.82, 2.24) is 9.97 Å². The average Bonchev–Trinajstić information content (AvgIpc) is 3.43. The maximum absolute atomic E-state index is 4.60. The lowest BCUT2D eigenvalue weighted by Gasteiger charge is -2.05. The van der Waals surface area contributed by atoms with Crippen molar-refractivity contribution in [3.05, 3.63) is 65.8 Å². The summed E-state index contributed by atoms with van der Waals surface area (Å²) in [5.41, 5.74) is 4.25. The van der Waals surface area contributed by atoms with Crippen molar-refractivity contribution >= 4 is 34.4 Å². The standard InChI is InChI=1S/C25H26N2S3/c1-3-4-5-6-15-28-25-10-9-24(30-25)20-12-14-27-22(17-20)21-16-19(11-13-26-21)23-8-7-18(2)29-23/h7-14,16-17H,3-6,15H2,1-2H3. The molecule has 4 heterocycles. The predicted molar refractivity (Wildman–Crippen MR) is 134 cm³/mol. The first-order valence-corrected chi connectivity index (χ1v) is 13.1. The molecule has 0 aliphatic carbocycles. The van der Waals surface area contributed by atoms with Crippen LogP contribution in [0.25, 0.3) is 32.3 Å². The van der Waals surface area contributed by atoms with Crippen LogP contribution in [0.5, 0.6) is 0 Å². The molecule has 4 aromatic rings. The molecule has 0 unspecified atom stereocenters. The summed E-state index contributed by atoms with van der Waals surface area (Å²) in [5.74, 6) is 1.21. The lowest BCUT2D eigenvalue weighted by atomic mass is 10.1. The summed E-state index contributed by atoms with van der Waals surface area (Å²) >= 11 is 5.66. The molecule has 154 valence electrons. The van der Waals surface area contributed by atoms with Gasteiger partial charge in [0.1, 0.15) is 0 Å². The fraction of sp³-hybridized carbons (Fsp3) is 0.280. The maximum Gasteiger partial charge on any atom is 0.0892 e. The van der Waals surface area contributed by atoms with Crippen LogP contribution < -0.4 is 0 Å². The Kier molecular flexibility index (Phi) is 7.37. The summed E-state index contributed by atoms with van der Waals surface area (Å²) in [6.07, 6.45) is 9.06. The Morgan fingerprint density at radius 3 is 2.07 bits per heavy atom. The quantitative estimate of drug-likeness (QED) is 0.189. The molecule has 30 heavy (non-hydrogen) atoms. The van der Waals surface area contributed by atoms with Crippen LogP contribution in [0.15, 0.2) is 65.1 Å². The molecule has 0 fully saturated rings. The molecule has 0 aliphatic heterocycles. The van der Waals surface area contributed by atoms with Crippen molar-refractivity contribution in [2.45, 2.75) is 43.7 Å². The minimum absolute atomic E-state index is 0.919. The van der Waals surface area contributed by atoms with E-state index in [-0.39, 0.29) is 0 Å². The fourth-order valence-electron chi connectivity index (χ4n) is 3.29. The molecule has 0 aromatic carbocycles. The lowest BCUT2D eigenvalue weighted by molar-refractivity contribution is 0.706. The number of thioether (sulfide) groups is 1. The minimum atomic E-state index is 0.919. The molecular formula is C25H26N2S3. The first kappa shape index (κ1) is 21.3. The van der Waals surface area contributed by atoms with Crippen molar-refractivity contribution in [2.24, 2.45) is 0 Å². The molecule has 0 atom stereocenters. The number of nitrogens with zero attached hydrogens (tertiary/aromatic N) is 2. The van der Waals surface area contributed by atoms with E-state index in [2.05, 4.69) is 72.3 Å². The van der Waals surface area contributed by atoms with Gasteiger partial charge in [0, 0.05) is 27.0 Å². The van der Waals surface area contributed by atoms with E-state index in [9.17, 15) is 0 Å². The van der Waals surface area contributed by atoms with Crippen LogP contribution in [-0.4, -0.2) is 15.7 Å². The van der Waals surface area contributed by atoms with E-state index in [0.29, 0.717) is 0 Å². The summed E-state index contributed by atoms with van der Waals surface area (Å²) in [6, 6.07) is 17.3. The van der Waals surface area contributed by atoms with Gasteiger partial charge in [0.25, 0.3) is 0 Å². The van der Waals surface area contributed by atoms with Gasteiger partial charge in [-0.15, -0.1) is 34.4 Å². The predicted octanol–water partition coefficient (Wildman–Crippen LogP) is 8.58. The largest absolute Gasteiger partial charge is 0.255 e. The minimum Gasteiger partial charge on any atom is -0.255 e. The Hall–Kier alpha value is -1.95. The number of hydrogen-bond acceptors (Lipinski definition) is 5. The van der Waals surface area contributed by atoms with Crippen LogP contribution >= 0.6 is 34.4 Å². The van der Waals surface area contributed by atoms with Gasteiger partial charge in [-0.3, -0.25) is 9.97 Å². The fourth-order valence-corrected chi connectivity index (χ4v) is 6.36. The van der Waals surface area contributed by atoms with Gasteiger partial charge in [-0.1, -0.05) is 26.2 Å². The summed E-state index contributed by atoms with van der Waals surface area (Å²) in [7, 11) is 0. The van der Waals surface area contributed by atoms with Gasteiger partial charge in [0.05, 0.1) is 15.6 Å². The van der Waals surface area contributed by atoms with E-state index >= 15 is 0 Å². The van der Waals surface area contributed by atoms with Crippen molar-refractivity contribution in [1.29, 1.82) is 0 Å². The highest BCUT2D eigenvalue weighted by Crippen LogP contribution is 2.36. The Balaban J connectivity index is 1.50. The van der Waals surface area contributed by atoms with Gasteiger partial charge in [0.15, 0.2) is 0 Å². The van der Waals surface area contributed by atoms with Crippen LogP contribution in [0.1, 0.15) is 37.5 Å². The summed E-state index contributed by atoms with van der Waals surface area (Å²) in [6.45, 7) is 4.40. The molecular weight excluding hydrogens is 424 g/mol. The first-order chi connectivity index (χ1) is 14.7. The molecule has 0 spiro atoms. The molecule has 0 saturated carbocycles. The van der Waals surface area contributed by atoms with Crippen molar-refractivity contribution in [2.75, 3.05) is 5.75 Å². The summed E-state index contributed by atoms with van der Waals surface area (Å²) in [4.78, 5) is 13.1. The molecule has 0 saturated heterocycles. The zero-order chi connectivity index (χ0) is 20.8. The maximum atomic E-state index is 4.60. The van der Waals surface area contributed by atoms with Crippen LogP contribution in [0.3, 0.4) is 0 Å². The molecule has 0 aliphatic rings. The molecule has 4 aromatic heterocycles.